The molecule has 1 aromatic carbocycles. The van der Waals surface area contributed by atoms with Gasteiger partial charge in [0.2, 0.25) is 0 Å². The molecule has 0 amide bonds. The number of aryl methyl sites for hydroxylation is 1. The monoisotopic (exact) mass is 187 g/mol. The minimum atomic E-state index is 1.01. The van der Waals surface area contributed by atoms with Crippen molar-refractivity contribution in [3.8, 4) is 5.69 Å². The van der Waals surface area contributed by atoms with Gasteiger partial charge >= 0.3 is 0 Å². The number of aromatic nitrogens is 3. The number of hydrogen-bond donors (Lipinski definition) is 0. The van der Waals surface area contributed by atoms with Crippen LogP contribution in [0.4, 0.5) is 0 Å². The number of rotatable bonds is 3. The summed E-state index contributed by atoms with van der Waals surface area (Å²) < 4.78 is 0. The molecule has 2 aromatic rings. The highest BCUT2D eigenvalue weighted by molar-refractivity contribution is 5.32. The van der Waals surface area contributed by atoms with Gasteiger partial charge in [-0.25, -0.2) is 0 Å². The summed E-state index contributed by atoms with van der Waals surface area (Å²) in [7, 11) is 0. The van der Waals surface area contributed by atoms with Crippen molar-refractivity contribution in [2.75, 3.05) is 0 Å². The predicted molar refractivity (Wildman–Crippen MR) is 55.4 cm³/mol. The van der Waals surface area contributed by atoms with Gasteiger partial charge in [0.05, 0.1) is 18.1 Å². The summed E-state index contributed by atoms with van der Waals surface area (Å²) in [6, 6.07) is 8.35. The first kappa shape index (κ1) is 8.94. The Kier molecular flexibility index (Phi) is 2.58. The van der Waals surface area contributed by atoms with Crippen LogP contribution in [0.2, 0.25) is 0 Å². The molecular formula is C11H13N3. The van der Waals surface area contributed by atoms with Crippen molar-refractivity contribution >= 4 is 0 Å². The molecule has 0 atom stereocenters. The summed E-state index contributed by atoms with van der Waals surface area (Å²) in [6.45, 7) is 2.18. The lowest BCUT2D eigenvalue weighted by Crippen LogP contribution is -1.98. The van der Waals surface area contributed by atoms with Crippen LogP contribution in [0.15, 0.2) is 36.7 Å². The molecule has 72 valence electrons. The summed E-state index contributed by atoms with van der Waals surface area (Å²) in [6.07, 6.45) is 5.67. The van der Waals surface area contributed by atoms with Crippen LogP contribution in [0.5, 0.6) is 0 Å². The molecule has 0 aliphatic heterocycles. The molecule has 1 aromatic heterocycles. The molecule has 3 nitrogen and oxygen atoms in total. The summed E-state index contributed by atoms with van der Waals surface area (Å²) in [5, 5.41) is 8.14. The van der Waals surface area contributed by atoms with Gasteiger partial charge in [0.1, 0.15) is 0 Å². The molecule has 0 spiro atoms. The molecular weight excluding hydrogens is 174 g/mol. The van der Waals surface area contributed by atoms with E-state index >= 15 is 0 Å². The Hall–Kier alpha value is -1.64. The second-order valence-corrected chi connectivity index (χ2v) is 3.23. The van der Waals surface area contributed by atoms with Crippen LogP contribution in [0, 0.1) is 0 Å². The fraction of sp³-hybridized carbons (Fsp3) is 0.273. The predicted octanol–water partition coefficient (Wildman–Crippen LogP) is 2.22. The third kappa shape index (κ3) is 1.82. The minimum Gasteiger partial charge on any atom is -0.157 e. The number of nitrogens with zero attached hydrogens (tertiary/aromatic N) is 3. The summed E-state index contributed by atoms with van der Waals surface area (Å²) >= 11 is 0. The zero-order valence-electron chi connectivity index (χ0n) is 8.22. The molecule has 3 heteroatoms. The van der Waals surface area contributed by atoms with E-state index in [1.165, 1.54) is 12.0 Å². The molecule has 2 rings (SSSR count). The fourth-order valence-electron chi connectivity index (χ4n) is 1.43. The Bertz CT molecular complexity index is 375. The molecule has 0 aliphatic rings. The van der Waals surface area contributed by atoms with Crippen molar-refractivity contribution in [1.29, 1.82) is 0 Å². The SMILES string of the molecule is CCCc1ccc(-n2nccn2)cc1. The topological polar surface area (TPSA) is 30.7 Å². The molecule has 0 N–H and O–H groups in total. The highest BCUT2D eigenvalue weighted by Crippen LogP contribution is 2.08. The van der Waals surface area contributed by atoms with E-state index in [4.69, 9.17) is 0 Å². The maximum Gasteiger partial charge on any atom is 0.0856 e. The van der Waals surface area contributed by atoms with Crippen molar-refractivity contribution in [3.63, 3.8) is 0 Å². The maximum atomic E-state index is 4.07. The quantitative estimate of drug-likeness (QED) is 0.737. The summed E-state index contributed by atoms with van der Waals surface area (Å²) in [5.74, 6) is 0. The first-order valence-electron chi connectivity index (χ1n) is 4.86. The second-order valence-electron chi connectivity index (χ2n) is 3.23. The smallest absolute Gasteiger partial charge is 0.0856 e. The van der Waals surface area contributed by atoms with E-state index in [1.807, 2.05) is 12.1 Å². The third-order valence-electron chi connectivity index (χ3n) is 2.12. The Labute approximate surface area is 83.4 Å². The van der Waals surface area contributed by atoms with E-state index in [9.17, 15) is 0 Å². The van der Waals surface area contributed by atoms with Gasteiger partial charge in [-0.15, -0.1) is 0 Å². The largest absolute Gasteiger partial charge is 0.157 e. The Morgan fingerprint density at radius 2 is 1.71 bits per heavy atom. The zero-order valence-corrected chi connectivity index (χ0v) is 8.22. The molecule has 14 heavy (non-hydrogen) atoms. The molecule has 0 saturated heterocycles. The van der Waals surface area contributed by atoms with Gasteiger partial charge in [-0.05, 0) is 24.1 Å². The molecule has 0 unspecified atom stereocenters. The zero-order chi connectivity index (χ0) is 9.80. The lowest BCUT2D eigenvalue weighted by Gasteiger charge is -2.01. The van der Waals surface area contributed by atoms with Crippen LogP contribution in [0.1, 0.15) is 18.9 Å². The summed E-state index contributed by atoms with van der Waals surface area (Å²) in [5.41, 5.74) is 2.37. The molecule has 0 aliphatic carbocycles. The highest BCUT2D eigenvalue weighted by atomic mass is 15.5. The van der Waals surface area contributed by atoms with Gasteiger partial charge in [-0.3, -0.25) is 0 Å². The van der Waals surface area contributed by atoms with E-state index in [0.717, 1.165) is 12.1 Å². The average Bonchev–Trinajstić information content (AvgIpc) is 2.72. The second kappa shape index (κ2) is 4.05. The Morgan fingerprint density at radius 3 is 2.29 bits per heavy atom. The van der Waals surface area contributed by atoms with Crippen molar-refractivity contribution < 1.29 is 0 Å². The van der Waals surface area contributed by atoms with Crippen LogP contribution in [0.3, 0.4) is 0 Å². The first-order valence-corrected chi connectivity index (χ1v) is 4.86. The number of benzene rings is 1. The van der Waals surface area contributed by atoms with E-state index < -0.39 is 0 Å². The fourth-order valence-corrected chi connectivity index (χ4v) is 1.43. The highest BCUT2D eigenvalue weighted by Gasteiger charge is 1.96. The van der Waals surface area contributed by atoms with Crippen LogP contribution in [-0.4, -0.2) is 15.0 Å². The van der Waals surface area contributed by atoms with Gasteiger partial charge in [-0.1, -0.05) is 25.5 Å². The standard InChI is InChI=1S/C11H13N3/c1-2-3-10-4-6-11(7-5-10)14-12-8-9-13-14/h4-9H,2-3H2,1H3. The van der Waals surface area contributed by atoms with Gasteiger partial charge in [-0.2, -0.15) is 15.0 Å². The third-order valence-corrected chi connectivity index (χ3v) is 2.12. The van der Waals surface area contributed by atoms with Crippen molar-refractivity contribution in [1.82, 2.24) is 15.0 Å². The van der Waals surface area contributed by atoms with E-state index in [0.29, 0.717) is 0 Å². The van der Waals surface area contributed by atoms with Crippen LogP contribution >= 0.6 is 0 Å². The Morgan fingerprint density at radius 1 is 1.07 bits per heavy atom. The molecule has 0 fully saturated rings. The van der Waals surface area contributed by atoms with Crippen molar-refractivity contribution in [2.45, 2.75) is 19.8 Å². The maximum absolute atomic E-state index is 4.07. The lowest BCUT2D eigenvalue weighted by molar-refractivity contribution is 0.751. The molecule has 0 bridgehead atoms. The van der Waals surface area contributed by atoms with E-state index in [-0.39, 0.29) is 0 Å². The van der Waals surface area contributed by atoms with Crippen LogP contribution in [0.25, 0.3) is 5.69 Å². The van der Waals surface area contributed by atoms with Crippen molar-refractivity contribution in [3.05, 3.63) is 42.2 Å². The molecule has 1 heterocycles. The lowest BCUT2D eigenvalue weighted by atomic mass is 10.1. The number of hydrogen-bond acceptors (Lipinski definition) is 2. The van der Waals surface area contributed by atoms with Crippen molar-refractivity contribution in [2.24, 2.45) is 0 Å². The van der Waals surface area contributed by atoms with E-state index in [1.54, 1.807) is 17.2 Å². The van der Waals surface area contributed by atoms with Gasteiger partial charge in [0.25, 0.3) is 0 Å². The normalized spacial score (nSPS) is 10.4. The van der Waals surface area contributed by atoms with Crippen LogP contribution in [-0.2, 0) is 6.42 Å². The Balaban J connectivity index is 2.22. The molecule has 0 radical (unpaired) electrons. The van der Waals surface area contributed by atoms with Gasteiger partial charge in [0, 0.05) is 0 Å². The summed E-state index contributed by atoms with van der Waals surface area (Å²) in [4.78, 5) is 1.62. The van der Waals surface area contributed by atoms with Crippen LogP contribution < -0.4 is 0 Å². The van der Waals surface area contributed by atoms with E-state index in [2.05, 4.69) is 29.3 Å². The van der Waals surface area contributed by atoms with Gasteiger partial charge in [0.15, 0.2) is 0 Å². The van der Waals surface area contributed by atoms with Gasteiger partial charge < -0.3 is 0 Å². The first-order chi connectivity index (χ1) is 6.90. The molecule has 0 saturated carbocycles. The average molecular weight is 187 g/mol. The minimum absolute atomic E-state index is 1.01.